The molecule has 1 amide bonds. The molecule has 5 nitrogen and oxygen atoms in total. The fraction of sp³-hybridized carbons (Fsp3) is 0.0588. The lowest BCUT2D eigenvalue weighted by Gasteiger charge is -2.08. The minimum atomic E-state index is -0.228. The van der Waals surface area contributed by atoms with Crippen molar-refractivity contribution in [3.05, 3.63) is 66.1 Å². The largest absolute Gasteiger partial charge is 0.484 e. The first-order valence-electron chi connectivity index (χ1n) is 6.98. The van der Waals surface area contributed by atoms with E-state index < -0.39 is 0 Å². The number of H-pyrrole nitrogens is 1. The van der Waals surface area contributed by atoms with Gasteiger partial charge in [-0.1, -0.05) is 23.7 Å². The molecule has 3 rings (SSSR count). The molecule has 0 radical (unpaired) electrons. The molecular weight excluding hydrogens is 314 g/mol. The molecule has 0 atom stereocenters. The maximum atomic E-state index is 11.9. The van der Waals surface area contributed by atoms with Crippen molar-refractivity contribution in [3.63, 3.8) is 0 Å². The van der Waals surface area contributed by atoms with Crippen molar-refractivity contribution < 1.29 is 9.53 Å². The number of rotatable bonds is 5. The second-order valence-corrected chi connectivity index (χ2v) is 5.27. The van der Waals surface area contributed by atoms with Crippen molar-refractivity contribution in [3.8, 4) is 17.0 Å². The van der Waals surface area contributed by atoms with Gasteiger partial charge in [-0.25, -0.2) is 4.98 Å². The molecule has 0 saturated heterocycles. The molecule has 0 aliphatic carbocycles. The number of aromatic nitrogens is 2. The summed E-state index contributed by atoms with van der Waals surface area (Å²) in [6.07, 6.45) is 3.37. The van der Waals surface area contributed by atoms with Gasteiger partial charge in [0.15, 0.2) is 6.61 Å². The predicted molar refractivity (Wildman–Crippen MR) is 89.6 cm³/mol. The van der Waals surface area contributed by atoms with Crippen molar-refractivity contribution in [2.45, 2.75) is 0 Å². The molecule has 116 valence electrons. The summed E-state index contributed by atoms with van der Waals surface area (Å²) in [4.78, 5) is 18.9. The zero-order valence-corrected chi connectivity index (χ0v) is 12.9. The summed E-state index contributed by atoms with van der Waals surface area (Å²) in [7, 11) is 0. The standard InChI is InChI=1S/C17H14ClN3O2/c18-13-3-7-15(8-4-13)23-10-17(22)21-14-5-1-12(2-6-14)16-9-19-11-20-16/h1-9,11H,10H2,(H,19,20)(H,21,22). The Hall–Kier alpha value is -2.79. The van der Waals surface area contributed by atoms with Crippen LogP contribution in [0, 0.1) is 0 Å². The number of amides is 1. The number of halogens is 1. The Bertz CT molecular complexity index is 769. The normalized spacial score (nSPS) is 10.3. The number of carbonyl (C=O) groups excluding carboxylic acids is 1. The van der Waals surface area contributed by atoms with Crippen molar-refractivity contribution >= 4 is 23.2 Å². The minimum absolute atomic E-state index is 0.0655. The Balaban J connectivity index is 1.54. The summed E-state index contributed by atoms with van der Waals surface area (Å²) in [5, 5.41) is 3.40. The van der Waals surface area contributed by atoms with Gasteiger partial charge >= 0.3 is 0 Å². The molecule has 0 bridgehead atoms. The van der Waals surface area contributed by atoms with Crippen LogP contribution >= 0.6 is 11.6 Å². The number of carbonyl (C=O) groups is 1. The smallest absolute Gasteiger partial charge is 0.262 e. The van der Waals surface area contributed by atoms with Crippen molar-refractivity contribution in [1.29, 1.82) is 0 Å². The van der Waals surface area contributed by atoms with Crippen LogP contribution in [-0.2, 0) is 4.79 Å². The topological polar surface area (TPSA) is 67.0 Å². The third-order valence-electron chi connectivity index (χ3n) is 3.16. The number of nitrogens with zero attached hydrogens (tertiary/aromatic N) is 1. The molecule has 3 aromatic rings. The average Bonchev–Trinajstić information content (AvgIpc) is 3.09. The van der Waals surface area contributed by atoms with E-state index in [0.717, 1.165) is 11.3 Å². The first-order chi connectivity index (χ1) is 11.2. The van der Waals surface area contributed by atoms with Crippen LogP contribution in [0.2, 0.25) is 5.02 Å². The first-order valence-corrected chi connectivity index (χ1v) is 7.35. The highest BCUT2D eigenvalue weighted by Gasteiger charge is 2.05. The van der Waals surface area contributed by atoms with E-state index in [1.807, 2.05) is 24.3 Å². The Kier molecular flexibility index (Phi) is 4.59. The molecule has 1 heterocycles. The Morgan fingerprint density at radius 3 is 2.52 bits per heavy atom. The predicted octanol–water partition coefficient (Wildman–Crippen LogP) is 3.75. The molecule has 0 aliphatic heterocycles. The van der Waals surface area contributed by atoms with E-state index in [1.54, 1.807) is 36.8 Å². The van der Waals surface area contributed by atoms with Gasteiger partial charge in [0, 0.05) is 10.7 Å². The van der Waals surface area contributed by atoms with E-state index in [2.05, 4.69) is 15.3 Å². The van der Waals surface area contributed by atoms with E-state index in [0.29, 0.717) is 16.5 Å². The van der Waals surface area contributed by atoms with Crippen LogP contribution < -0.4 is 10.1 Å². The van der Waals surface area contributed by atoms with Gasteiger partial charge in [-0.2, -0.15) is 0 Å². The van der Waals surface area contributed by atoms with Gasteiger partial charge in [0.05, 0.1) is 18.2 Å². The van der Waals surface area contributed by atoms with E-state index in [9.17, 15) is 4.79 Å². The molecule has 0 fully saturated rings. The van der Waals surface area contributed by atoms with Gasteiger partial charge < -0.3 is 15.0 Å². The van der Waals surface area contributed by atoms with Crippen LogP contribution in [-0.4, -0.2) is 22.5 Å². The van der Waals surface area contributed by atoms with Gasteiger partial charge in [-0.05, 0) is 42.0 Å². The molecule has 23 heavy (non-hydrogen) atoms. The molecule has 0 saturated carbocycles. The maximum Gasteiger partial charge on any atom is 0.262 e. The SMILES string of the molecule is O=C(COc1ccc(Cl)cc1)Nc1ccc(-c2cnc[nH]2)cc1. The number of hydrogen-bond acceptors (Lipinski definition) is 3. The van der Waals surface area contributed by atoms with Gasteiger partial charge in [0.1, 0.15) is 5.75 Å². The summed E-state index contributed by atoms with van der Waals surface area (Å²) in [5.41, 5.74) is 2.63. The number of aromatic amines is 1. The summed E-state index contributed by atoms with van der Waals surface area (Å²) in [6, 6.07) is 14.3. The highest BCUT2D eigenvalue weighted by Crippen LogP contribution is 2.19. The number of anilines is 1. The van der Waals surface area contributed by atoms with Crippen LogP contribution in [0.3, 0.4) is 0 Å². The number of ether oxygens (including phenoxy) is 1. The summed E-state index contributed by atoms with van der Waals surface area (Å²) >= 11 is 5.79. The third kappa shape index (κ3) is 4.11. The number of benzene rings is 2. The molecular formula is C17H14ClN3O2. The number of hydrogen-bond donors (Lipinski definition) is 2. The molecule has 2 N–H and O–H groups in total. The van der Waals surface area contributed by atoms with Crippen LogP contribution in [0.15, 0.2) is 61.1 Å². The number of imidazole rings is 1. The van der Waals surface area contributed by atoms with Gasteiger partial charge in [0.25, 0.3) is 5.91 Å². The van der Waals surface area contributed by atoms with Crippen molar-refractivity contribution in [2.75, 3.05) is 11.9 Å². The van der Waals surface area contributed by atoms with E-state index in [1.165, 1.54) is 0 Å². The Morgan fingerprint density at radius 2 is 1.87 bits per heavy atom. The minimum Gasteiger partial charge on any atom is -0.484 e. The molecule has 6 heteroatoms. The zero-order valence-electron chi connectivity index (χ0n) is 12.1. The fourth-order valence-corrected chi connectivity index (χ4v) is 2.15. The van der Waals surface area contributed by atoms with Crippen molar-refractivity contribution in [2.24, 2.45) is 0 Å². The van der Waals surface area contributed by atoms with E-state index in [-0.39, 0.29) is 12.5 Å². The lowest BCUT2D eigenvalue weighted by molar-refractivity contribution is -0.118. The Labute approximate surface area is 138 Å². The van der Waals surface area contributed by atoms with Gasteiger partial charge in [-0.3, -0.25) is 4.79 Å². The quantitative estimate of drug-likeness (QED) is 0.750. The summed E-state index contributed by atoms with van der Waals surface area (Å²) in [5.74, 6) is 0.369. The van der Waals surface area contributed by atoms with Gasteiger partial charge in [0.2, 0.25) is 0 Å². The lowest BCUT2D eigenvalue weighted by Crippen LogP contribution is -2.20. The van der Waals surface area contributed by atoms with Crippen LogP contribution in [0.25, 0.3) is 11.3 Å². The first kappa shape index (κ1) is 15.1. The third-order valence-corrected chi connectivity index (χ3v) is 3.41. The van der Waals surface area contributed by atoms with Crippen molar-refractivity contribution in [1.82, 2.24) is 9.97 Å². The van der Waals surface area contributed by atoms with Gasteiger partial charge in [-0.15, -0.1) is 0 Å². The molecule has 2 aromatic carbocycles. The molecule has 1 aromatic heterocycles. The van der Waals surface area contributed by atoms with Crippen LogP contribution in [0.1, 0.15) is 0 Å². The van der Waals surface area contributed by atoms with E-state index in [4.69, 9.17) is 16.3 Å². The zero-order chi connectivity index (χ0) is 16.1. The second-order valence-electron chi connectivity index (χ2n) is 4.83. The highest BCUT2D eigenvalue weighted by molar-refractivity contribution is 6.30. The monoisotopic (exact) mass is 327 g/mol. The lowest BCUT2D eigenvalue weighted by atomic mass is 10.1. The second kappa shape index (κ2) is 6.98. The average molecular weight is 328 g/mol. The molecule has 0 unspecified atom stereocenters. The molecule has 0 spiro atoms. The molecule has 0 aliphatic rings. The maximum absolute atomic E-state index is 11.9. The highest BCUT2D eigenvalue weighted by atomic mass is 35.5. The summed E-state index contributed by atoms with van der Waals surface area (Å²) in [6.45, 7) is -0.0655. The van der Waals surface area contributed by atoms with E-state index >= 15 is 0 Å². The fourth-order valence-electron chi connectivity index (χ4n) is 2.02. The Morgan fingerprint density at radius 1 is 1.13 bits per heavy atom. The summed E-state index contributed by atoms with van der Waals surface area (Å²) < 4.78 is 5.39. The number of nitrogens with one attached hydrogen (secondary N) is 2. The van der Waals surface area contributed by atoms with Crippen LogP contribution in [0.4, 0.5) is 5.69 Å². The van der Waals surface area contributed by atoms with Crippen LogP contribution in [0.5, 0.6) is 5.75 Å².